The Morgan fingerprint density at radius 3 is 2.14 bits per heavy atom. The highest BCUT2D eigenvalue weighted by Gasteiger charge is 2.32. The number of phenolic OH excluding ortho intramolecular Hbond substituents is 1. The maximum atomic E-state index is 13.2. The van der Waals surface area contributed by atoms with Crippen LogP contribution in [0.3, 0.4) is 0 Å². The van der Waals surface area contributed by atoms with Gasteiger partial charge in [0.1, 0.15) is 23.9 Å². The largest absolute Gasteiger partial charge is 0.508 e. The molecule has 0 fully saturated rings. The molecular weight excluding hydrogens is 492 g/mol. The second-order valence-corrected chi connectivity index (χ2v) is 9.62. The minimum Gasteiger partial charge on any atom is -0.508 e. The summed E-state index contributed by atoms with van der Waals surface area (Å²) in [6.07, 6.45) is 2.91. The highest BCUT2D eigenvalue weighted by atomic mass is 32.2. The molecule has 0 heterocycles. The van der Waals surface area contributed by atoms with Crippen molar-refractivity contribution < 1.29 is 29.4 Å². The van der Waals surface area contributed by atoms with E-state index in [1.807, 2.05) is 13.2 Å². The molecule has 5 atom stereocenters. The van der Waals surface area contributed by atoms with Gasteiger partial charge in [0.2, 0.25) is 17.7 Å². The molecule has 35 heavy (non-hydrogen) atoms. The van der Waals surface area contributed by atoms with Crippen LogP contribution in [0.15, 0.2) is 24.3 Å². The normalized spacial score (nSPS) is 15.2. The maximum Gasteiger partial charge on any atom is 0.327 e. The van der Waals surface area contributed by atoms with Gasteiger partial charge in [0.25, 0.3) is 0 Å². The van der Waals surface area contributed by atoms with E-state index >= 15 is 0 Å². The number of aliphatic carboxylic acids is 1. The van der Waals surface area contributed by atoms with Gasteiger partial charge in [-0.15, -0.1) is 0 Å². The average molecular weight is 529 g/mol. The van der Waals surface area contributed by atoms with E-state index in [1.165, 1.54) is 23.9 Å². The molecular formula is C23H36N4O6S2. The monoisotopic (exact) mass is 528 g/mol. The van der Waals surface area contributed by atoms with Crippen molar-refractivity contribution in [2.45, 2.75) is 57.3 Å². The van der Waals surface area contributed by atoms with Gasteiger partial charge in [-0.1, -0.05) is 32.4 Å². The topological polar surface area (TPSA) is 171 Å². The summed E-state index contributed by atoms with van der Waals surface area (Å²) in [5.74, 6) is -2.64. The molecule has 5 unspecified atom stereocenters. The molecule has 10 nitrogen and oxygen atoms in total. The van der Waals surface area contributed by atoms with Gasteiger partial charge < -0.3 is 31.9 Å². The van der Waals surface area contributed by atoms with Crippen LogP contribution in [0.1, 0.15) is 32.3 Å². The van der Waals surface area contributed by atoms with Crippen molar-refractivity contribution in [3.63, 3.8) is 0 Å². The fourth-order valence-electron chi connectivity index (χ4n) is 3.16. The molecule has 0 bridgehead atoms. The molecule has 0 saturated carbocycles. The Labute approximate surface area is 215 Å². The minimum absolute atomic E-state index is 0.101. The molecule has 0 aliphatic carbocycles. The zero-order valence-corrected chi connectivity index (χ0v) is 21.9. The maximum absolute atomic E-state index is 13.2. The lowest BCUT2D eigenvalue weighted by Gasteiger charge is -2.28. The molecule has 0 saturated heterocycles. The number of benzene rings is 1. The van der Waals surface area contributed by atoms with Crippen LogP contribution < -0.4 is 21.7 Å². The van der Waals surface area contributed by atoms with Crippen molar-refractivity contribution in [3.8, 4) is 5.75 Å². The Bertz CT molecular complexity index is 855. The molecule has 1 rings (SSSR count). The number of carbonyl (C=O) groups excluding carboxylic acids is 3. The number of thioether (sulfide) groups is 1. The molecule has 196 valence electrons. The van der Waals surface area contributed by atoms with E-state index in [-0.39, 0.29) is 30.3 Å². The third-order valence-electron chi connectivity index (χ3n) is 5.56. The van der Waals surface area contributed by atoms with Crippen molar-refractivity contribution in [3.05, 3.63) is 29.8 Å². The summed E-state index contributed by atoms with van der Waals surface area (Å²) in [6.45, 7) is 3.67. The third-order valence-corrected chi connectivity index (χ3v) is 6.57. The van der Waals surface area contributed by atoms with Gasteiger partial charge in [0.05, 0.1) is 6.04 Å². The Kier molecular flexibility index (Phi) is 13.6. The highest BCUT2D eigenvalue weighted by Crippen LogP contribution is 2.13. The van der Waals surface area contributed by atoms with Crippen LogP contribution in [-0.4, -0.2) is 75.8 Å². The van der Waals surface area contributed by atoms with Crippen LogP contribution >= 0.6 is 24.4 Å². The third kappa shape index (κ3) is 10.4. The van der Waals surface area contributed by atoms with E-state index in [9.17, 15) is 29.4 Å². The van der Waals surface area contributed by atoms with Gasteiger partial charge >= 0.3 is 5.97 Å². The standard InChI is InChI=1S/C23H36N4O6S2/c1-4-13(2)19(27-20(29)16(24)11-14-5-7-15(28)8-6-14)22(31)25-17(9-10-35-3)21(30)26-18(12-34)23(32)33/h5-8,13,16-19,28,34H,4,9-12,24H2,1-3H3,(H,25,31)(H,26,30)(H,27,29)(H,32,33). The van der Waals surface area contributed by atoms with Gasteiger partial charge in [-0.3, -0.25) is 14.4 Å². The molecule has 0 radical (unpaired) electrons. The molecule has 0 aromatic heterocycles. The first-order valence-electron chi connectivity index (χ1n) is 11.3. The quantitative estimate of drug-likeness (QED) is 0.162. The molecule has 3 amide bonds. The number of thiol groups is 1. The molecule has 0 spiro atoms. The second-order valence-electron chi connectivity index (χ2n) is 8.27. The summed E-state index contributed by atoms with van der Waals surface area (Å²) in [7, 11) is 0. The van der Waals surface area contributed by atoms with E-state index in [1.54, 1.807) is 19.1 Å². The second kappa shape index (κ2) is 15.5. The Morgan fingerprint density at radius 1 is 1.03 bits per heavy atom. The summed E-state index contributed by atoms with van der Waals surface area (Å²) in [4.78, 5) is 49.9. The number of carbonyl (C=O) groups is 4. The Balaban J connectivity index is 2.93. The number of aromatic hydroxyl groups is 1. The molecule has 12 heteroatoms. The smallest absolute Gasteiger partial charge is 0.327 e. The van der Waals surface area contributed by atoms with Crippen LogP contribution in [-0.2, 0) is 25.6 Å². The zero-order valence-electron chi connectivity index (χ0n) is 20.2. The zero-order chi connectivity index (χ0) is 26.5. The van der Waals surface area contributed by atoms with Crippen LogP contribution in [0.4, 0.5) is 0 Å². The number of carboxylic acid groups (broad SMARTS) is 1. The lowest BCUT2D eigenvalue weighted by Crippen LogP contribution is -2.59. The lowest BCUT2D eigenvalue weighted by atomic mass is 9.96. The molecule has 1 aromatic rings. The first-order chi connectivity index (χ1) is 16.5. The van der Waals surface area contributed by atoms with Gasteiger partial charge in [-0.05, 0) is 48.5 Å². The number of carboxylic acids is 1. The first-order valence-corrected chi connectivity index (χ1v) is 13.3. The predicted octanol–water partition coefficient (Wildman–Crippen LogP) is 0.530. The summed E-state index contributed by atoms with van der Waals surface area (Å²) < 4.78 is 0. The summed E-state index contributed by atoms with van der Waals surface area (Å²) in [5, 5.41) is 26.4. The van der Waals surface area contributed by atoms with Crippen LogP contribution in [0.5, 0.6) is 5.75 Å². The molecule has 7 N–H and O–H groups in total. The van der Waals surface area contributed by atoms with E-state index in [2.05, 4.69) is 28.6 Å². The predicted molar refractivity (Wildman–Crippen MR) is 140 cm³/mol. The summed E-state index contributed by atoms with van der Waals surface area (Å²) in [5.41, 5.74) is 6.81. The summed E-state index contributed by atoms with van der Waals surface area (Å²) >= 11 is 5.43. The summed E-state index contributed by atoms with van der Waals surface area (Å²) in [6, 6.07) is 2.27. The van der Waals surface area contributed by atoms with Gasteiger partial charge in [0.15, 0.2) is 0 Å². The molecule has 1 aromatic carbocycles. The van der Waals surface area contributed by atoms with Crippen molar-refractivity contribution in [2.24, 2.45) is 11.7 Å². The van der Waals surface area contributed by atoms with Gasteiger partial charge in [-0.25, -0.2) is 4.79 Å². The fraction of sp³-hybridized carbons (Fsp3) is 0.565. The molecule has 0 aliphatic heterocycles. The van der Waals surface area contributed by atoms with E-state index in [0.717, 1.165) is 5.56 Å². The number of rotatable bonds is 15. The Hall–Kier alpha value is -2.44. The van der Waals surface area contributed by atoms with E-state index in [4.69, 9.17) is 5.73 Å². The fourth-order valence-corrected chi connectivity index (χ4v) is 3.88. The number of amides is 3. The van der Waals surface area contributed by atoms with Gasteiger partial charge in [0, 0.05) is 5.75 Å². The van der Waals surface area contributed by atoms with Gasteiger partial charge in [-0.2, -0.15) is 24.4 Å². The number of nitrogens with two attached hydrogens (primary N) is 1. The van der Waals surface area contributed by atoms with E-state index < -0.39 is 47.9 Å². The van der Waals surface area contributed by atoms with Crippen LogP contribution in [0.25, 0.3) is 0 Å². The molecule has 0 aliphatic rings. The van der Waals surface area contributed by atoms with Crippen molar-refractivity contribution in [1.82, 2.24) is 16.0 Å². The highest BCUT2D eigenvalue weighted by molar-refractivity contribution is 7.98. The number of nitrogens with one attached hydrogen (secondary N) is 3. The number of phenols is 1. The van der Waals surface area contributed by atoms with Crippen LogP contribution in [0.2, 0.25) is 0 Å². The first kappa shape index (κ1) is 30.6. The average Bonchev–Trinajstić information content (AvgIpc) is 2.83. The van der Waals surface area contributed by atoms with Crippen molar-refractivity contribution >= 4 is 48.1 Å². The Morgan fingerprint density at radius 2 is 1.63 bits per heavy atom. The minimum atomic E-state index is -1.23. The SMILES string of the molecule is CCC(C)C(NC(=O)C(N)Cc1ccc(O)cc1)C(=O)NC(CCSC)C(=O)NC(CS)C(=O)O. The number of hydrogen-bond acceptors (Lipinski definition) is 8. The van der Waals surface area contributed by atoms with Crippen LogP contribution in [0, 0.1) is 5.92 Å². The lowest BCUT2D eigenvalue weighted by molar-refractivity contribution is -0.141. The number of hydrogen-bond donors (Lipinski definition) is 7. The van der Waals surface area contributed by atoms with E-state index in [0.29, 0.717) is 12.2 Å². The van der Waals surface area contributed by atoms with Crippen molar-refractivity contribution in [2.75, 3.05) is 17.8 Å². The van der Waals surface area contributed by atoms with Crippen molar-refractivity contribution in [1.29, 1.82) is 0 Å².